The Bertz CT molecular complexity index is 674. The fraction of sp³-hybridized carbons (Fsp3) is 0.526. The molecule has 1 atom stereocenters. The summed E-state index contributed by atoms with van der Waals surface area (Å²) < 4.78 is 5.27. The minimum absolute atomic E-state index is 0.112. The van der Waals surface area contributed by atoms with Crippen LogP contribution in [0.25, 0.3) is 0 Å². The molecule has 0 aromatic heterocycles. The number of benzene rings is 1. The molecule has 2 N–H and O–H groups in total. The zero-order valence-corrected chi connectivity index (χ0v) is 15.5. The summed E-state index contributed by atoms with van der Waals surface area (Å²) in [7, 11) is 0. The molecule has 3 amide bonds. The Morgan fingerprint density at radius 3 is 2.62 bits per heavy atom. The van der Waals surface area contributed by atoms with Crippen LogP contribution in [0.3, 0.4) is 0 Å². The first-order valence-corrected chi connectivity index (χ1v) is 8.78. The van der Waals surface area contributed by atoms with Crippen molar-refractivity contribution in [3.05, 3.63) is 35.4 Å². The van der Waals surface area contributed by atoms with Gasteiger partial charge in [-0.3, -0.25) is 0 Å². The molecule has 1 aromatic carbocycles. The Morgan fingerprint density at radius 2 is 2.00 bits per heavy atom. The number of ether oxygens (including phenoxy) is 1. The number of likely N-dealkylation sites (tertiary alicyclic amines) is 1. The molecule has 140 valence electrons. The van der Waals surface area contributed by atoms with E-state index in [1.54, 1.807) is 17.0 Å². The zero-order valence-electron chi connectivity index (χ0n) is 15.5. The van der Waals surface area contributed by atoms with Gasteiger partial charge < -0.3 is 20.3 Å². The Morgan fingerprint density at radius 1 is 1.31 bits per heavy atom. The number of rotatable bonds is 3. The van der Waals surface area contributed by atoms with Crippen molar-refractivity contribution in [2.45, 2.75) is 51.8 Å². The average molecular weight is 358 g/mol. The van der Waals surface area contributed by atoms with Crippen LogP contribution in [0.2, 0.25) is 0 Å². The first kappa shape index (κ1) is 19.6. The molecule has 2 rings (SSSR count). The molecule has 0 saturated carbocycles. The topological polar surface area (TPSA) is 94.5 Å². The molecule has 1 aliphatic heterocycles. The first-order valence-electron chi connectivity index (χ1n) is 8.78. The maximum Gasteiger partial charge on any atom is 0.407 e. The Hall–Kier alpha value is -2.75. The van der Waals surface area contributed by atoms with Crippen molar-refractivity contribution in [1.82, 2.24) is 15.5 Å². The highest BCUT2D eigenvalue weighted by Gasteiger charge is 2.26. The first-order chi connectivity index (χ1) is 12.3. The predicted molar refractivity (Wildman–Crippen MR) is 97.4 cm³/mol. The minimum Gasteiger partial charge on any atom is -0.444 e. The van der Waals surface area contributed by atoms with Crippen molar-refractivity contribution in [2.75, 3.05) is 13.1 Å². The molecule has 26 heavy (non-hydrogen) atoms. The maximum absolute atomic E-state index is 12.4. The number of carbonyl (C=O) groups is 2. The SMILES string of the molecule is CC(C)(C)OC(=O)N[C@H]1CCCN(C(=O)NCc2ccc(C#N)cc2)C1. The standard InChI is InChI=1S/C19H26N4O3/c1-19(2,3)26-18(25)22-16-5-4-10-23(13-16)17(24)21-12-15-8-6-14(11-20)7-9-15/h6-9,16H,4-5,10,12-13H2,1-3H3,(H,21,24)(H,22,25)/t16-/m0/s1. The van der Waals surface area contributed by atoms with Gasteiger partial charge in [-0.2, -0.15) is 5.26 Å². The second-order valence-corrected chi connectivity index (χ2v) is 7.40. The highest BCUT2D eigenvalue weighted by molar-refractivity contribution is 5.74. The summed E-state index contributed by atoms with van der Waals surface area (Å²) in [5, 5.41) is 14.5. The van der Waals surface area contributed by atoms with Crippen LogP contribution < -0.4 is 10.6 Å². The third kappa shape index (κ3) is 6.28. The summed E-state index contributed by atoms with van der Waals surface area (Å²) >= 11 is 0. The number of amides is 3. The van der Waals surface area contributed by atoms with Crippen LogP contribution in [0.15, 0.2) is 24.3 Å². The second kappa shape index (κ2) is 8.56. The van der Waals surface area contributed by atoms with Gasteiger partial charge in [0.2, 0.25) is 0 Å². The number of hydrogen-bond acceptors (Lipinski definition) is 4. The molecule has 7 nitrogen and oxygen atoms in total. The van der Waals surface area contributed by atoms with E-state index in [9.17, 15) is 9.59 Å². The summed E-state index contributed by atoms with van der Waals surface area (Å²) in [5.41, 5.74) is 0.974. The van der Waals surface area contributed by atoms with E-state index in [-0.39, 0.29) is 12.1 Å². The number of nitrogens with zero attached hydrogens (tertiary/aromatic N) is 2. The Balaban J connectivity index is 1.81. The predicted octanol–water partition coefficient (Wildman–Crippen LogP) is 2.76. The number of alkyl carbamates (subject to hydrolysis) is 1. The van der Waals surface area contributed by atoms with E-state index < -0.39 is 11.7 Å². The van der Waals surface area contributed by atoms with Crippen molar-refractivity contribution in [2.24, 2.45) is 0 Å². The molecular formula is C19H26N4O3. The summed E-state index contributed by atoms with van der Waals surface area (Å²) in [5.74, 6) is 0. The van der Waals surface area contributed by atoms with E-state index in [4.69, 9.17) is 10.00 Å². The van der Waals surface area contributed by atoms with Gasteiger partial charge in [-0.15, -0.1) is 0 Å². The summed E-state index contributed by atoms with van der Waals surface area (Å²) in [6, 6.07) is 8.88. The number of nitriles is 1. The van der Waals surface area contributed by atoms with Crippen molar-refractivity contribution in [1.29, 1.82) is 5.26 Å². The van der Waals surface area contributed by atoms with Gasteiger partial charge >= 0.3 is 12.1 Å². The molecule has 0 aliphatic carbocycles. The van der Waals surface area contributed by atoms with Gasteiger partial charge in [0.25, 0.3) is 0 Å². The number of piperidine rings is 1. The third-order valence-electron chi connectivity index (χ3n) is 3.96. The number of hydrogen-bond donors (Lipinski definition) is 2. The van der Waals surface area contributed by atoms with Gasteiger partial charge in [-0.05, 0) is 51.3 Å². The van der Waals surface area contributed by atoms with E-state index in [1.165, 1.54) is 0 Å². The van der Waals surface area contributed by atoms with E-state index in [2.05, 4.69) is 16.7 Å². The largest absolute Gasteiger partial charge is 0.444 e. The summed E-state index contributed by atoms with van der Waals surface area (Å²) in [4.78, 5) is 26.0. The van der Waals surface area contributed by atoms with E-state index in [0.29, 0.717) is 25.2 Å². The molecule has 0 unspecified atom stereocenters. The fourth-order valence-corrected chi connectivity index (χ4v) is 2.74. The lowest BCUT2D eigenvalue weighted by Gasteiger charge is -2.33. The minimum atomic E-state index is -0.545. The molecule has 0 spiro atoms. The van der Waals surface area contributed by atoms with Gasteiger partial charge in [-0.1, -0.05) is 12.1 Å². The van der Waals surface area contributed by atoms with Gasteiger partial charge in [0.15, 0.2) is 0 Å². The number of nitrogens with one attached hydrogen (secondary N) is 2. The third-order valence-corrected chi connectivity index (χ3v) is 3.96. The van der Waals surface area contributed by atoms with Crippen LogP contribution in [0.4, 0.5) is 9.59 Å². The molecule has 1 saturated heterocycles. The van der Waals surface area contributed by atoms with Crippen LogP contribution in [-0.2, 0) is 11.3 Å². The zero-order chi connectivity index (χ0) is 19.2. The lowest BCUT2D eigenvalue weighted by Crippen LogP contribution is -2.52. The molecule has 0 bridgehead atoms. The summed E-state index contributed by atoms with van der Waals surface area (Å²) in [6.07, 6.45) is 1.19. The lowest BCUT2D eigenvalue weighted by molar-refractivity contribution is 0.0479. The molecule has 1 fully saturated rings. The molecule has 1 aromatic rings. The van der Waals surface area contributed by atoms with Crippen molar-refractivity contribution in [3.63, 3.8) is 0 Å². The van der Waals surface area contributed by atoms with Gasteiger partial charge in [0.1, 0.15) is 5.60 Å². The van der Waals surface area contributed by atoms with Crippen LogP contribution in [0, 0.1) is 11.3 Å². The molecule has 1 aliphatic rings. The second-order valence-electron chi connectivity index (χ2n) is 7.40. The van der Waals surface area contributed by atoms with Crippen molar-refractivity contribution >= 4 is 12.1 Å². The number of carbonyl (C=O) groups excluding carboxylic acids is 2. The average Bonchev–Trinajstić information content (AvgIpc) is 2.58. The molecule has 7 heteroatoms. The smallest absolute Gasteiger partial charge is 0.407 e. The van der Waals surface area contributed by atoms with Gasteiger partial charge in [-0.25, -0.2) is 9.59 Å². The van der Waals surface area contributed by atoms with Gasteiger partial charge in [0, 0.05) is 25.7 Å². The van der Waals surface area contributed by atoms with E-state index in [1.807, 2.05) is 32.9 Å². The molecular weight excluding hydrogens is 332 g/mol. The maximum atomic E-state index is 12.4. The van der Waals surface area contributed by atoms with E-state index >= 15 is 0 Å². The molecule has 1 heterocycles. The highest BCUT2D eigenvalue weighted by atomic mass is 16.6. The quantitative estimate of drug-likeness (QED) is 0.868. The van der Waals surface area contributed by atoms with Crippen LogP contribution >= 0.6 is 0 Å². The van der Waals surface area contributed by atoms with Crippen molar-refractivity contribution < 1.29 is 14.3 Å². The van der Waals surface area contributed by atoms with E-state index in [0.717, 1.165) is 18.4 Å². The lowest BCUT2D eigenvalue weighted by atomic mass is 10.1. The van der Waals surface area contributed by atoms with Crippen LogP contribution in [0.1, 0.15) is 44.7 Å². The fourth-order valence-electron chi connectivity index (χ4n) is 2.74. The monoisotopic (exact) mass is 358 g/mol. The van der Waals surface area contributed by atoms with Crippen LogP contribution in [0.5, 0.6) is 0 Å². The normalized spacial score (nSPS) is 17.2. The van der Waals surface area contributed by atoms with Crippen molar-refractivity contribution in [3.8, 4) is 6.07 Å². The Kier molecular flexibility index (Phi) is 6.45. The van der Waals surface area contributed by atoms with Crippen LogP contribution in [-0.4, -0.2) is 41.8 Å². The summed E-state index contributed by atoms with van der Waals surface area (Å²) in [6.45, 7) is 6.96. The highest BCUT2D eigenvalue weighted by Crippen LogP contribution is 2.13. The Labute approximate surface area is 154 Å². The van der Waals surface area contributed by atoms with Gasteiger partial charge in [0.05, 0.1) is 11.6 Å². The number of urea groups is 1. The molecule has 0 radical (unpaired) electrons.